The molecule has 0 radical (unpaired) electrons. The van der Waals surface area contributed by atoms with E-state index in [1.54, 1.807) is 0 Å². The zero-order chi connectivity index (χ0) is 19.8. The molecule has 0 bridgehead atoms. The zero-order valence-electron chi connectivity index (χ0n) is 16.5. The van der Waals surface area contributed by atoms with Gasteiger partial charge in [-0.3, -0.25) is 4.79 Å². The first-order valence-electron chi connectivity index (χ1n) is 9.59. The summed E-state index contributed by atoms with van der Waals surface area (Å²) in [6, 6.07) is 7.64. The number of benzene rings is 1. The molecule has 7 heteroatoms. The van der Waals surface area contributed by atoms with E-state index in [0.29, 0.717) is 17.5 Å². The Morgan fingerprint density at radius 3 is 2.56 bits per heavy atom. The number of amides is 1. The highest BCUT2D eigenvalue weighted by atomic mass is 35.5. The van der Waals surface area contributed by atoms with Crippen molar-refractivity contribution < 1.29 is 4.79 Å². The largest absolute Gasteiger partial charge is 0.355 e. The molecule has 1 heterocycles. The molecule has 0 saturated carbocycles. The van der Waals surface area contributed by atoms with Crippen LogP contribution in [0.4, 0.5) is 0 Å². The SMILES string of the molecule is CCCC[C@H](C)Cn1c(S[C@H](C)C(=O)NCC)nnc1-c1ccc(Cl)cc1. The molecule has 0 spiro atoms. The van der Waals surface area contributed by atoms with Crippen molar-refractivity contribution in [3.8, 4) is 11.4 Å². The van der Waals surface area contributed by atoms with Crippen LogP contribution in [-0.2, 0) is 11.3 Å². The van der Waals surface area contributed by atoms with Crippen LogP contribution in [0.1, 0.15) is 47.0 Å². The van der Waals surface area contributed by atoms with Crippen LogP contribution in [0.2, 0.25) is 5.02 Å². The summed E-state index contributed by atoms with van der Waals surface area (Å²) in [6.45, 7) is 9.74. The summed E-state index contributed by atoms with van der Waals surface area (Å²) >= 11 is 7.48. The normalized spacial score (nSPS) is 13.4. The molecule has 2 rings (SSSR count). The van der Waals surface area contributed by atoms with Crippen molar-refractivity contribution in [2.24, 2.45) is 5.92 Å². The van der Waals surface area contributed by atoms with Gasteiger partial charge in [0.15, 0.2) is 11.0 Å². The summed E-state index contributed by atoms with van der Waals surface area (Å²) in [5, 5.41) is 12.9. The fourth-order valence-corrected chi connectivity index (χ4v) is 3.85. The maximum absolute atomic E-state index is 12.1. The molecule has 148 valence electrons. The van der Waals surface area contributed by atoms with Crippen molar-refractivity contribution in [3.05, 3.63) is 29.3 Å². The minimum atomic E-state index is -0.225. The van der Waals surface area contributed by atoms with E-state index in [0.717, 1.165) is 29.5 Å². The second kappa shape index (κ2) is 10.7. The van der Waals surface area contributed by atoms with E-state index in [1.165, 1.54) is 24.6 Å². The second-order valence-corrected chi connectivity index (χ2v) is 8.57. The molecule has 0 fully saturated rings. The van der Waals surface area contributed by atoms with E-state index in [-0.39, 0.29) is 11.2 Å². The van der Waals surface area contributed by atoms with Crippen molar-refractivity contribution in [1.29, 1.82) is 0 Å². The van der Waals surface area contributed by atoms with Crippen LogP contribution in [-0.4, -0.2) is 32.5 Å². The van der Waals surface area contributed by atoms with Gasteiger partial charge in [-0.25, -0.2) is 0 Å². The van der Waals surface area contributed by atoms with E-state index in [1.807, 2.05) is 38.1 Å². The van der Waals surface area contributed by atoms with Gasteiger partial charge in [0.2, 0.25) is 5.91 Å². The number of rotatable bonds is 10. The molecule has 1 N–H and O–H groups in total. The maximum atomic E-state index is 12.1. The molecule has 0 aliphatic heterocycles. The first-order chi connectivity index (χ1) is 13.0. The number of carbonyl (C=O) groups excluding carboxylic acids is 1. The van der Waals surface area contributed by atoms with Gasteiger partial charge in [-0.1, -0.05) is 50.1 Å². The van der Waals surface area contributed by atoms with E-state index in [9.17, 15) is 4.79 Å². The molecule has 2 atom stereocenters. The molecule has 0 unspecified atom stereocenters. The number of unbranched alkanes of at least 4 members (excludes halogenated alkanes) is 1. The highest BCUT2D eigenvalue weighted by molar-refractivity contribution is 8.00. The number of nitrogens with one attached hydrogen (secondary N) is 1. The monoisotopic (exact) mass is 408 g/mol. The fourth-order valence-electron chi connectivity index (χ4n) is 2.84. The van der Waals surface area contributed by atoms with Crippen LogP contribution < -0.4 is 5.32 Å². The molecule has 0 aliphatic carbocycles. The number of nitrogens with zero attached hydrogens (tertiary/aromatic N) is 3. The van der Waals surface area contributed by atoms with Crippen LogP contribution in [0, 0.1) is 5.92 Å². The van der Waals surface area contributed by atoms with E-state index in [4.69, 9.17) is 11.6 Å². The number of aromatic nitrogens is 3. The Balaban J connectivity index is 2.29. The lowest BCUT2D eigenvalue weighted by Crippen LogP contribution is -2.30. The third-order valence-corrected chi connectivity index (χ3v) is 5.70. The minimum Gasteiger partial charge on any atom is -0.355 e. The fraction of sp³-hybridized carbons (Fsp3) is 0.550. The summed E-state index contributed by atoms with van der Waals surface area (Å²) in [5.41, 5.74) is 0.979. The summed E-state index contributed by atoms with van der Waals surface area (Å²) < 4.78 is 2.14. The Morgan fingerprint density at radius 1 is 1.22 bits per heavy atom. The van der Waals surface area contributed by atoms with Crippen LogP contribution in [0.25, 0.3) is 11.4 Å². The molecule has 1 aromatic heterocycles. The lowest BCUT2D eigenvalue weighted by atomic mass is 10.0. The average Bonchev–Trinajstić information content (AvgIpc) is 3.03. The van der Waals surface area contributed by atoms with Gasteiger partial charge in [0, 0.05) is 23.7 Å². The number of hydrogen-bond acceptors (Lipinski definition) is 4. The Labute approximate surface area is 171 Å². The third-order valence-electron chi connectivity index (χ3n) is 4.37. The molecular formula is C20H29ClN4OS. The maximum Gasteiger partial charge on any atom is 0.233 e. The third kappa shape index (κ3) is 6.25. The first-order valence-corrected chi connectivity index (χ1v) is 10.9. The standard InChI is InChI=1S/C20H29ClN4OS/c1-5-7-8-14(3)13-25-18(16-9-11-17(21)12-10-16)23-24-20(25)27-15(4)19(26)22-6-2/h9-12,14-15H,5-8,13H2,1-4H3,(H,22,26)/t14-,15+/m0/s1. The van der Waals surface area contributed by atoms with Gasteiger partial charge in [-0.15, -0.1) is 10.2 Å². The van der Waals surface area contributed by atoms with Crippen molar-refractivity contribution >= 4 is 29.3 Å². The smallest absolute Gasteiger partial charge is 0.233 e. The number of carbonyl (C=O) groups is 1. The zero-order valence-corrected chi connectivity index (χ0v) is 18.1. The van der Waals surface area contributed by atoms with Crippen LogP contribution >= 0.6 is 23.4 Å². The molecule has 0 saturated heterocycles. The molecule has 5 nitrogen and oxygen atoms in total. The quantitative estimate of drug-likeness (QED) is 0.559. The highest BCUT2D eigenvalue weighted by Crippen LogP contribution is 2.29. The number of thioether (sulfide) groups is 1. The molecule has 0 aliphatic rings. The lowest BCUT2D eigenvalue weighted by Gasteiger charge is -2.17. The molecule has 2 aromatic rings. The van der Waals surface area contributed by atoms with Crippen LogP contribution in [0.5, 0.6) is 0 Å². The minimum absolute atomic E-state index is 0.0177. The van der Waals surface area contributed by atoms with Gasteiger partial charge in [0.1, 0.15) is 0 Å². The van der Waals surface area contributed by atoms with Crippen molar-refractivity contribution in [2.45, 2.75) is 63.9 Å². The Kier molecular flexibility index (Phi) is 8.64. The van der Waals surface area contributed by atoms with Gasteiger partial charge in [0.25, 0.3) is 0 Å². The Bertz CT molecular complexity index is 732. The molecule has 1 aromatic carbocycles. The first kappa shape index (κ1) is 21.8. The van der Waals surface area contributed by atoms with Crippen molar-refractivity contribution in [1.82, 2.24) is 20.1 Å². The molecule has 27 heavy (non-hydrogen) atoms. The van der Waals surface area contributed by atoms with Gasteiger partial charge >= 0.3 is 0 Å². The van der Waals surface area contributed by atoms with E-state index >= 15 is 0 Å². The van der Waals surface area contributed by atoms with Crippen molar-refractivity contribution in [3.63, 3.8) is 0 Å². The predicted molar refractivity (Wildman–Crippen MR) is 113 cm³/mol. The van der Waals surface area contributed by atoms with Gasteiger partial charge < -0.3 is 9.88 Å². The van der Waals surface area contributed by atoms with E-state index < -0.39 is 0 Å². The van der Waals surface area contributed by atoms with Gasteiger partial charge in [-0.2, -0.15) is 0 Å². The summed E-state index contributed by atoms with van der Waals surface area (Å²) in [6.07, 6.45) is 3.55. The highest BCUT2D eigenvalue weighted by Gasteiger charge is 2.21. The van der Waals surface area contributed by atoms with Gasteiger partial charge in [-0.05, 0) is 50.5 Å². The van der Waals surface area contributed by atoms with Crippen LogP contribution in [0.15, 0.2) is 29.4 Å². The van der Waals surface area contributed by atoms with E-state index in [2.05, 4.69) is 33.9 Å². The topological polar surface area (TPSA) is 59.8 Å². The summed E-state index contributed by atoms with van der Waals surface area (Å²) in [4.78, 5) is 12.1. The molecular weight excluding hydrogens is 380 g/mol. The predicted octanol–water partition coefficient (Wildman–Crippen LogP) is 5.04. The van der Waals surface area contributed by atoms with Crippen molar-refractivity contribution in [2.75, 3.05) is 6.54 Å². The Morgan fingerprint density at radius 2 is 1.93 bits per heavy atom. The Hall–Kier alpha value is -1.53. The lowest BCUT2D eigenvalue weighted by molar-refractivity contribution is -0.120. The average molecular weight is 409 g/mol. The molecule has 1 amide bonds. The van der Waals surface area contributed by atoms with Crippen LogP contribution in [0.3, 0.4) is 0 Å². The number of hydrogen-bond donors (Lipinski definition) is 1. The summed E-state index contributed by atoms with van der Waals surface area (Å²) in [7, 11) is 0. The summed E-state index contributed by atoms with van der Waals surface area (Å²) in [5.74, 6) is 1.34. The van der Waals surface area contributed by atoms with Gasteiger partial charge in [0.05, 0.1) is 5.25 Å². The second-order valence-electron chi connectivity index (χ2n) is 6.83. The number of halogens is 1.